The highest BCUT2D eigenvalue weighted by Gasteiger charge is 2.21. The van der Waals surface area contributed by atoms with E-state index in [4.69, 9.17) is 11.1 Å². The van der Waals surface area contributed by atoms with Gasteiger partial charge in [0.25, 0.3) is 10.0 Å². The van der Waals surface area contributed by atoms with Gasteiger partial charge in [0.2, 0.25) is 0 Å². The summed E-state index contributed by atoms with van der Waals surface area (Å²) in [7, 11) is -4.10. The number of sulfonamides is 1. The zero-order valence-electron chi connectivity index (χ0n) is 11.9. The molecule has 0 aliphatic heterocycles. The van der Waals surface area contributed by atoms with Gasteiger partial charge >= 0.3 is 0 Å². The van der Waals surface area contributed by atoms with E-state index in [1.807, 2.05) is 0 Å². The van der Waals surface area contributed by atoms with Crippen LogP contribution in [0.3, 0.4) is 0 Å². The van der Waals surface area contributed by atoms with Gasteiger partial charge in [0.1, 0.15) is 17.5 Å². The topological polar surface area (TPSA) is 109 Å². The molecule has 0 spiro atoms. The van der Waals surface area contributed by atoms with Gasteiger partial charge in [-0.1, -0.05) is 0 Å². The Morgan fingerprint density at radius 1 is 1.26 bits per heavy atom. The largest absolute Gasteiger partial charge is 0.383 e. The molecule has 0 fully saturated rings. The Kier molecular flexibility index (Phi) is 5.02. The van der Waals surface area contributed by atoms with E-state index in [0.29, 0.717) is 5.56 Å². The minimum absolute atomic E-state index is 0.0169. The van der Waals surface area contributed by atoms with Gasteiger partial charge in [-0.15, -0.1) is 0 Å². The van der Waals surface area contributed by atoms with Crippen LogP contribution in [-0.4, -0.2) is 25.0 Å². The summed E-state index contributed by atoms with van der Waals surface area (Å²) in [6.45, 7) is -0.117. The summed E-state index contributed by atoms with van der Waals surface area (Å²) in [6, 6.07) is 5.79. The van der Waals surface area contributed by atoms with Gasteiger partial charge in [0.05, 0.1) is 5.56 Å². The Labute approximate surface area is 131 Å². The summed E-state index contributed by atoms with van der Waals surface area (Å²) < 4.78 is 52.4. The lowest BCUT2D eigenvalue weighted by atomic mass is 10.1. The lowest BCUT2D eigenvalue weighted by molar-refractivity contribution is 0.578. The zero-order valence-corrected chi connectivity index (χ0v) is 12.7. The third kappa shape index (κ3) is 4.30. The van der Waals surface area contributed by atoms with Crippen LogP contribution in [0.5, 0.6) is 0 Å². The van der Waals surface area contributed by atoms with Crippen molar-refractivity contribution in [3.05, 3.63) is 59.3 Å². The number of nitrogens with one attached hydrogen (secondary N) is 2. The number of hydrogen-bond acceptors (Lipinski definition) is 5. The minimum Gasteiger partial charge on any atom is -0.383 e. The van der Waals surface area contributed by atoms with E-state index in [1.54, 1.807) is 0 Å². The number of nitrogens with two attached hydrogens (primary N) is 1. The van der Waals surface area contributed by atoms with Crippen LogP contribution in [-0.2, 0) is 16.4 Å². The summed E-state index contributed by atoms with van der Waals surface area (Å²) in [5, 5.41) is 7.02. The van der Waals surface area contributed by atoms with Gasteiger partial charge in [0.15, 0.2) is 5.04 Å². The molecule has 2 rings (SSSR count). The summed E-state index contributed by atoms with van der Waals surface area (Å²) in [4.78, 5) is 3.72. The van der Waals surface area contributed by atoms with Crippen LogP contribution < -0.4 is 10.5 Å². The average Bonchev–Trinajstić information content (AvgIpc) is 2.46. The second-order valence-corrected chi connectivity index (χ2v) is 6.39. The van der Waals surface area contributed by atoms with E-state index in [9.17, 15) is 17.2 Å². The number of halogens is 2. The molecule has 4 N–H and O–H groups in total. The molecule has 0 saturated carbocycles. The molecular formula is C14H14F2N4O2S. The van der Waals surface area contributed by atoms with Gasteiger partial charge in [0, 0.05) is 18.8 Å². The smallest absolute Gasteiger partial charge is 0.258 e. The molecule has 6 nitrogen and oxygen atoms in total. The molecule has 0 bridgehead atoms. The molecule has 1 aromatic heterocycles. The molecule has 1 heterocycles. The van der Waals surface area contributed by atoms with Crippen molar-refractivity contribution >= 4 is 20.9 Å². The summed E-state index contributed by atoms with van der Waals surface area (Å²) >= 11 is 0. The monoisotopic (exact) mass is 340 g/mol. The standard InChI is InChI=1S/C14H14F2N4O2S/c15-10-6-9(7-11(16)8-10)3-5-20-23(21,22)14(18)12-2-1-4-19-13(12)17/h1-2,4,6-8,18,20H,3,5H2,(H2,17,19). The van der Waals surface area contributed by atoms with Gasteiger partial charge in [-0.3, -0.25) is 5.41 Å². The molecule has 0 aliphatic carbocycles. The molecule has 2 aromatic rings. The summed E-state index contributed by atoms with van der Waals surface area (Å²) in [6.07, 6.45) is 1.45. The lowest BCUT2D eigenvalue weighted by Gasteiger charge is -2.09. The van der Waals surface area contributed by atoms with Crippen molar-refractivity contribution in [2.45, 2.75) is 6.42 Å². The minimum atomic E-state index is -4.10. The number of nitrogens with zero attached hydrogens (tertiary/aromatic N) is 1. The lowest BCUT2D eigenvalue weighted by Crippen LogP contribution is -2.33. The SMILES string of the molecule is N=C(c1cccnc1N)S(=O)(=O)NCCc1cc(F)cc(F)c1. The van der Waals surface area contributed by atoms with Gasteiger partial charge < -0.3 is 5.73 Å². The van der Waals surface area contributed by atoms with E-state index >= 15 is 0 Å². The van der Waals surface area contributed by atoms with Crippen molar-refractivity contribution in [3.63, 3.8) is 0 Å². The van der Waals surface area contributed by atoms with E-state index in [-0.39, 0.29) is 24.3 Å². The van der Waals surface area contributed by atoms with Gasteiger partial charge in [-0.05, 0) is 36.2 Å². The predicted molar refractivity (Wildman–Crippen MR) is 82.5 cm³/mol. The first kappa shape index (κ1) is 17.0. The Hall–Kier alpha value is -2.39. The maximum absolute atomic E-state index is 13.0. The highest BCUT2D eigenvalue weighted by atomic mass is 32.2. The Bertz CT molecular complexity index is 820. The van der Waals surface area contributed by atoms with E-state index in [0.717, 1.165) is 18.2 Å². The molecule has 0 unspecified atom stereocenters. The molecule has 0 saturated heterocycles. The van der Waals surface area contributed by atoms with Crippen molar-refractivity contribution in [2.24, 2.45) is 0 Å². The molecular weight excluding hydrogens is 326 g/mol. The van der Waals surface area contributed by atoms with Crippen molar-refractivity contribution in [1.82, 2.24) is 9.71 Å². The zero-order chi connectivity index (χ0) is 17.0. The Morgan fingerprint density at radius 2 is 1.91 bits per heavy atom. The van der Waals surface area contributed by atoms with Crippen molar-refractivity contribution < 1.29 is 17.2 Å². The molecule has 0 atom stereocenters. The number of nitrogen functional groups attached to an aromatic ring is 1. The van der Waals surface area contributed by atoms with Gasteiger partial charge in [-0.25, -0.2) is 26.9 Å². The maximum atomic E-state index is 13.0. The first-order chi connectivity index (χ1) is 10.8. The van der Waals surface area contributed by atoms with Crippen LogP contribution in [0, 0.1) is 17.0 Å². The van der Waals surface area contributed by atoms with Crippen LogP contribution in [0.2, 0.25) is 0 Å². The number of anilines is 1. The number of benzene rings is 1. The second kappa shape index (κ2) is 6.80. The van der Waals surface area contributed by atoms with Crippen LogP contribution in [0.4, 0.5) is 14.6 Å². The normalized spacial score (nSPS) is 11.4. The van der Waals surface area contributed by atoms with Crippen LogP contribution in [0.25, 0.3) is 0 Å². The number of rotatable bonds is 5. The first-order valence-corrected chi connectivity index (χ1v) is 8.02. The third-order valence-corrected chi connectivity index (χ3v) is 4.32. The molecule has 0 aliphatic rings. The van der Waals surface area contributed by atoms with E-state index < -0.39 is 26.7 Å². The molecule has 0 radical (unpaired) electrons. The Morgan fingerprint density at radius 3 is 2.52 bits per heavy atom. The van der Waals surface area contributed by atoms with Crippen molar-refractivity contribution in [2.75, 3.05) is 12.3 Å². The van der Waals surface area contributed by atoms with Crippen LogP contribution >= 0.6 is 0 Å². The van der Waals surface area contributed by atoms with Crippen LogP contribution in [0.1, 0.15) is 11.1 Å². The number of aromatic nitrogens is 1. The third-order valence-electron chi connectivity index (χ3n) is 2.98. The number of pyridine rings is 1. The summed E-state index contributed by atoms with van der Waals surface area (Å²) in [5.74, 6) is -1.55. The fraction of sp³-hybridized carbons (Fsp3) is 0.143. The highest BCUT2D eigenvalue weighted by molar-refractivity contribution is 8.05. The predicted octanol–water partition coefficient (Wildman–Crippen LogP) is 1.43. The van der Waals surface area contributed by atoms with Crippen molar-refractivity contribution in [3.8, 4) is 0 Å². The fourth-order valence-corrected chi connectivity index (χ4v) is 2.89. The molecule has 9 heteroatoms. The van der Waals surface area contributed by atoms with Gasteiger partial charge in [-0.2, -0.15) is 0 Å². The van der Waals surface area contributed by atoms with Crippen LogP contribution in [0.15, 0.2) is 36.5 Å². The first-order valence-electron chi connectivity index (χ1n) is 6.53. The average molecular weight is 340 g/mol. The molecule has 122 valence electrons. The quantitative estimate of drug-likeness (QED) is 0.565. The molecule has 0 amide bonds. The molecule has 23 heavy (non-hydrogen) atoms. The maximum Gasteiger partial charge on any atom is 0.258 e. The molecule has 1 aromatic carbocycles. The Balaban J connectivity index is 2.04. The summed E-state index contributed by atoms with van der Waals surface area (Å²) in [5.41, 5.74) is 5.83. The van der Waals surface area contributed by atoms with E-state index in [1.165, 1.54) is 18.3 Å². The van der Waals surface area contributed by atoms with Crippen molar-refractivity contribution in [1.29, 1.82) is 5.41 Å². The second-order valence-electron chi connectivity index (χ2n) is 4.69. The highest BCUT2D eigenvalue weighted by Crippen LogP contribution is 2.12. The number of hydrogen-bond donors (Lipinski definition) is 3. The van der Waals surface area contributed by atoms with E-state index in [2.05, 4.69) is 9.71 Å². The fourth-order valence-electron chi connectivity index (χ4n) is 1.91.